The molecule has 0 saturated carbocycles. The van der Waals surface area contributed by atoms with Crippen LogP contribution in [0.15, 0.2) is 42.0 Å². The maximum absolute atomic E-state index is 13.0. The zero-order chi connectivity index (χ0) is 23.9. The van der Waals surface area contributed by atoms with Gasteiger partial charge in [-0.2, -0.15) is 0 Å². The molecule has 2 heterocycles. The maximum Gasteiger partial charge on any atom is 0.196 e. The predicted molar refractivity (Wildman–Crippen MR) is 132 cm³/mol. The van der Waals surface area contributed by atoms with E-state index >= 15 is 0 Å². The van der Waals surface area contributed by atoms with Crippen molar-refractivity contribution in [2.75, 3.05) is 67.2 Å². The van der Waals surface area contributed by atoms with Gasteiger partial charge in [0, 0.05) is 31.8 Å². The van der Waals surface area contributed by atoms with Gasteiger partial charge < -0.3 is 28.7 Å². The third kappa shape index (κ3) is 5.90. The van der Waals surface area contributed by atoms with Gasteiger partial charge in [0.1, 0.15) is 18.1 Å². The highest BCUT2D eigenvalue weighted by atomic mass is 16.5. The number of methoxy groups -OCH3 is 2. The number of nitrogens with zero attached hydrogens (tertiary/aromatic N) is 2. The molecule has 4 rings (SSSR count). The zero-order valence-corrected chi connectivity index (χ0v) is 20.3. The summed E-state index contributed by atoms with van der Waals surface area (Å²) in [6.07, 6.45) is 3.95. The summed E-state index contributed by atoms with van der Waals surface area (Å²) < 4.78 is 22.6. The van der Waals surface area contributed by atoms with Crippen LogP contribution in [-0.4, -0.2) is 82.8 Å². The van der Waals surface area contributed by atoms with E-state index in [1.54, 1.807) is 32.4 Å². The van der Waals surface area contributed by atoms with Gasteiger partial charge >= 0.3 is 0 Å². The fourth-order valence-electron chi connectivity index (χ4n) is 4.23. The minimum Gasteiger partial charge on any atom is -0.497 e. The molecule has 0 amide bonds. The van der Waals surface area contributed by atoms with Crippen molar-refractivity contribution < 1.29 is 23.7 Å². The van der Waals surface area contributed by atoms with Crippen molar-refractivity contribution >= 4 is 11.9 Å². The van der Waals surface area contributed by atoms with Crippen LogP contribution in [-0.2, 0) is 0 Å². The molecule has 34 heavy (non-hydrogen) atoms. The van der Waals surface area contributed by atoms with Crippen molar-refractivity contribution in [3.63, 3.8) is 0 Å². The molecule has 0 spiro atoms. The van der Waals surface area contributed by atoms with Crippen LogP contribution in [0.3, 0.4) is 0 Å². The highest BCUT2D eigenvalue weighted by Gasteiger charge is 2.24. The highest BCUT2D eigenvalue weighted by molar-refractivity contribution is 6.14. The number of carbonyl (C=O) groups excluding carboxylic acids is 1. The molecule has 2 aliphatic heterocycles. The van der Waals surface area contributed by atoms with Crippen molar-refractivity contribution in [1.29, 1.82) is 0 Å². The lowest BCUT2D eigenvalue weighted by Crippen LogP contribution is -2.44. The molecular weight excluding hydrogens is 432 g/mol. The average molecular weight is 467 g/mol. The fraction of sp³-hybridized carbons (Fsp3) is 0.444. The Morgan fingerprint density at radius 2 is 1.79 bits per heavy atom. The lowest BCUT2D eigenvalue weighted by atomic mass is 9.98. The molecule has 2 aromatic carbocycles. The van der Waals surface area contributed by atoms with E-state index in [1.165, 1.54) is 0 Å². The van der Waals surface area contributed by atoms with Crippen LogP contribution in [0, 0.1) is 0 Å². The molecule has 182 valence electrons. The third-order valence-electron chi connectivity index (χ3n) is 6.36. The van der Waals surface area contributed by atoms with E-state index in [2.05, 4.69) is 16.8 Å². The van der Waals surface area contributed by atoms with Crippen LogP contribution in [0.4, 0.5) is 0 Å². The van der Waals surface area contributed by atoms with Gasteiger partial charge in [-0.3, -0.25) is 4.79 Å². The number of likely N-dealkylation sites (N-methyl/N-ethyl adjacent to an activating group) is 1. The van der Waals surface area contributed by atoms with Gasteiger partial charge in [-0.1, -0.05) is 6.07 Å². The number of benzene rings is 2. The van der Waals surface area contributed by atoms with E-state index in [4.69, 9.17) is 18.9 Å². The first-order chi connectivity index (χ1) is 16.6. The number of fused-ring (bicyclic) bond motifs is 1. The number of piperazine rings is 1. The van der Waals surface area contributed by atoms with E-state index in [9.17, 15) is 4.79 Å². The molecule has 0 radical (unpaired) electrons. The molecule has 0 unspecified atom stereocenters. The first-order valence-corrected chi connectivity index (χ1v) is 11.8. The van der Waals surface area contributed by atoms with Crippen LogP contribution in [0.2, 0.25) is 0 Å². The van der Waals surface area contributed by atoms with Crippen molar-refractivity contribution in [3.8, 4) is 23.0 Å². The average Bonchev–Trinajstić information content (AvgIpc) is 2.87. The molecule has 1 fully saturated rings. The highest BCUT2D eigenvalue weighted by Crippen LogP contribution is 2.33. The summed E-state index contributed by atoms with van der Waals surface area (Å²) in [6.45, 7) is 6.58. The largest absolute Gasteiger partial charge is 0.497 e. The van der Waals surface area contributed by atoms with Crippen LogP contribution in [0.1, 0.15) is 28.8 Å². The summed E-state index contributed by atoms with van der Waals surface area (Å²) >= 11 is 0. The number of unbranched alkanes of at least 4 members (excludes halogenated alkanes) is 1. The first kappa shape index (κ1) is 24.1. The molecule has 1 saturated heterocycles. The molecule has 0 atom stereocenters. The molecule has 0 aromatic heterocycles. The Morgan fingerprint density at radius 1 is 0.971 bits per heavy atom. The van der Waals surface area contributed by atoms with E-state index in [0.29, 0.717) is 40.7 Å². The van der Waals surface area contributed by atoms with E-state index in [0.717, 1.165) is 51.1 Å². The van der Waals surface area contributed by atoms with E-state index in [-0.39, 0.29) is 12.4 Å². The fourth-order valence-corrected chi connectivity index (χ4v) is 4.23. The molecule has 0 aliphatic carbocycles. The second-order valence-corrected chi connectivity index (χ2v) is 8.76. The van der Waals surface area contributed by atoms with Gasteiger partial charge in [-0.15, -0.1) is 0 Å². The van der Waals surface area contributed by atoms with Crippen LogP contribution in [0.25, 0.3) is 6.08 Å². The van der Waals surface area contributed by atoms with Crippen molar-refractivity contribution in [1.82, 2.24) is 9.80 Å². The van der Waals surface area contributed by atoms with Crippen molar-refractivity contribution in [2.45, 2.75) is 12.8 Å². The smallest absolute Gasteiger partial charge is 0.196 e. The van der Waals surface area contributed by atoms with Gasteiger partial charge in [0.15, 0.2) is 17.3 Å². The van der Waals surface area contributed by atoms with Crippen LogP contribution < -0.4 is 18.9 Å². The minimum atomic E-state index is -0.0557. The summed E-state index contributed by atoms with van der Waals surface area (Å²) in [4.78, 5) is 17.9. The Hall–Kier alpha value is -3.03. The van der Waals surface area contributed by atoms with Gasteiger partial charge in [0.2, 0.25) is 0 Å². The molecule has 0 N–H and O–H groups in total. The molecule has 7 heteroatoms. The van der Waals surface area contributed by atoms with Gasteiger partial charge in [-0.25, -0.2) is 0 Å². The summed E-state index contributed by atoms with van der Waals surface area (Å²) in [5, 5.41) is 0. The Bertz CT molecular complexity index is 1030. The number of hydrogen-bond donors (Lipinski definition) is 0. The van der Waals surface area contributed by atoms with Crippen molar-refractivity contribution in [2.24, 2.45) is 0 Å². The molecule has 7 nitrogen and oxygen atoms in total. The number of ketones is 1. The Balaban J connectivity index is 1.33. The SMILES string of the molecule is COc1ccc2c(c1)C(=O)C(=Cc1ccc(OCCCCN3CCN(C)CC3)c(OC)c1)CO2. The topological polar surface area (TPSA) is 60.5 Å². The van der Waals surface area contributed by atoms with Gasteiger partial charge in [-0.05, 0) is 68.4 Å². The van der Waals surface area contributed by atoms with Gasteiger partial charge in [0.25, 0.3) is 0 Å². The second-order valence-electron chi connectivity index (χ2n) is 8.76. The number of rotatable bonds is 9. The molecule has 2 aliphatic rings. The second kappa shape index (κ2) is 11.4. The number of hydrogen-bond acceptors (Lipinski definition) is 7. The Labute approximate surface area is 201 Å². The summed E-state index contributed by atoms with van der Waals surface area (Å²) in [5.74, 6) is 2.52. The molecule has 0 bridgehead atoms. The van der Waals surface area contributed by atoms with Crippen LogP contribution in [0.5, 0.6) is 23.0 Å². The van der Waals surface area contributed by atoms with Gasteiger partial charge in [0.05, 0.1) is 26.4 Å². The standard InChI is InChI=1S/C27H34N2O5/c1-28-11-13-29(14-12-28)10-4-5-15-33-25-8-6-20(17-26(25)32-3)16-21-19-34-24-9-7-22(31-2)18-23(24)27(21)30/h6-9,16-18H,4-5,10-15,19H2,1-3H3. The van der Waals surface area contributed by atoms with E-state index in [1.807, 2.05) is 24.3 Å². The predicted octanol–water partition coefficient (Wildman–Crippen LogP) is 3.77. The monoisotopic (exact) mass is 466 g/mol. The minimum absolute atomic E-state index is 0.0557. The van der Waals surface area contributed by atoms with Crippen molar-refractivity contribution in [3.05, 3.63) is 53.1 Å². The lowest BCUT2D eigenvalue weighted by Gasteiger charge is -2.32. The van der Waals surface area contributed by atoms with Crippen LogP contribution >= 0.6 is 0 Å². The maximum atomic E-state index is 13.0. The quantitative estimate of drug-likeness (QED) is 0.412. The third-order valence-corrected chi connectivity index (χ3v) is 6.36. The Kier molecular flexibility index (Phi) is 8.08. The number of ether oxygens (including phenoxy) is 4. The van der Waals surface area contributed by atoms with E-state index < -0.39 is 0 Å². The first-order valence-electron chi connectivity index (χ1n) is 11.8. The number of Topliss-reactive ketones (excluding diaryl/α,β-unsaturated/α-hetero) is 1. The summed E-state index contributed by atoms with van der Waals surface area (Å²) in [6, 6.07) is 11.0. The zero-order valence-electron chi connectivity index (χ0n) is 20.3. The Morgan fingerprint density at radius 3 is 2.56 bits per heavy atom. The summed E-state index contributed by atoms with van der Waals surface area (Å²) in [5.41, 5.74) is 1.96. The summed E-state index contributed by atoms with van der Waals surface area (Å²) in [7, 11) is 5.39. The normalized spacial score (nSPS) is 17.9. The molecular formula is C27H34N2O5. The lowest BCUT2D eigenvalue weighted by molar-refractivity contribution is 0.100. The molecule has 2 aromatic rings. The number of carbonyl (C=O) groups is 1.